The minimum absolute atomic E-state index is 0.0118. The first-order valence-corrected chi connectivity index (χ1v) is 10.6. The zero-order chi connectivity index (χ0) is 21.9. The van der Waals surface area contributed by atoms with Gasteiger partial charge < -0.3 is 10.1 Å². The maximum Gasteiger partial charge on any atom is 0.247 e. The van der Waals surface area contributed by atoms with Crippen molar-refractivity contribution in [2.24, 2.45) is 0 Å². The Morgan fingerprint density at radius 2 is 1.76 bits per heavy atom. The summed E-state index contributed by atoms with van der Waals surface area (Å²) in [4.78, 5) is 12.2. The number of methoxy groups -OCH3 is 1. The third kappa shape index (κ3) is 5.13. The number of hydrogen-bond donors (Lipinski definition) is 1. The van der Waals surface area contributed by atoms with Crippen molar-refractivity contribution >= 4 is 15.9 Å². The molecule has 0 saturated heterocycles. The minimum atomic E-state index is -4.11. The second kappa shape index (κ2) is 8.92. The maximum absolute atomic E-state index is 13.6. The van der Waals surface area contributed by atoms with Crippen molar-refractivity contribution in [2.45, 2.75) is 38.6 Å². The third-order valence-corrected chi connectivity index (χ3v) is 6.73. The molecule has 8 heteroatoms. The number of nitrogens with one attached hydrogen (secondary N) is 1. The van der Waals surface area contributed by atoms with Crippen LogP contribution >= 0.6 is 0 Å². The summed E-state index contributed by atoms with van der Waals surface area (Å²) in [5.41, 5.74) is 4.30. The van der Waals surface area contributed by atoms with Crippen molar-refractivity contribution in [3.8, 4) is 5.75 Å². The fourth-order valence-electron chi connectivity index (χ4n) is 3.12. The topological polar surface area (TPSA) is 75.7 Å². The maximum atomic E-state index is 13.6. The van der Waals surface area contributed by atoms with Gasteiger partial charge in [-0.15, -0.1) is 0 Å². The first-order chi connectivity index (χ1) is 13.5. The fourth-order valence-corrected chi connectivity index (χ4v) is 4.41. The highest BCUT2D eigenvalue weighted by Crippen LogP contribution is 2.27. The van der Waals surface area contributed by atoms with E-state index >= 15 is 0 Å². The molecule has 2 rings (SSSR count). The van der Waals surface area contributed by atoms with Gasteiger partial charge in [0.15, 0.2) is 0 Å². The van der Waals surface area contributed by atoms with Crippen molar-refractivity contribution < 1.29 is 22.3 Å². The normalized spacial score (nSPS) is 12.7. The largest absolute Gasteiger partial charge is 0.495 e. The van der Waals surface area contributed by atoms with Crippen molar-refractivity contribution in [1.29, 1.82) is 0 Å². The number of carbonyl (C=O) groups is 1. The summed E-state index contributed by atoms with van der Waals surface area (Å²) in [5, 5.41) is 2.83. The number of carbonyl (C=O) groups excluding carboxylic acids is 1. The molecule has 6 nitrogen and oxygen atoms in total. The number of nitrogens with zero attached hydrogens (tertiary/aromatic N) is 1. The Morgan fingerprint density at radius 1 is 1.14 bits per heavy atom. The SMILES string of the molecule is COc1ccc(F)cc1S(=O)(=O)N(C)CC(=O)N[C@@H](C)c1cc(C)c(C)cc1C. The molecule has 29 heavy (non-hydrogen) atoms. The molecule has 2 aromatic carbocycles. The van der Waals surface area contributed by atoms with Crippen LogP contribution in [-0.4, -0.2) is 39.3 Å². The van der Waals surface area contributed by atoms with Gasteiger partial charge in [-0.1, -0.05) is 12.1 Å². The van der Waals surface area contributed by atoms with Crippen molar-refractivity contribution in [3.05, 3.63) is 58.4 Å². The van der Waals surface area contributed by atoms with Crippen LogP contribution in [0.4, 0.5) is 4.39 Å². The second-order valence-electron chi connectivity index (χ2n) is 7.14. The van der Waals surface area contributed by atoms with Crippen LogP contribution in [0.1, 0.15) is 35.2 Å². The van der Waals surface area contributed by atoms with E-state index in [1.165, 1.54) is 25.8 Å². The molecular weight excluding hydrogens is 395 g/mol. The molecule has 0 aliphatic heterocycles. The third-order valence-electron chi connectivity index (χ3n) is 4.91. The zero-order valence-electron chi connectivity index (χ0n) is 17.5. The van der Waals surface area contributed by atoms with Crippen LogP contribution in [0.3, 0.4) is 0 Å². The van der Waals surface area contributed by atoms with E-state index in [9.17, 15) is 17.6 Å². The van der Waals surface area contributed by atoms with E-state index in [-0.39, 0.29) is 16.7 Å². The molecule has 0 saturated carbocycles. The molecule has 1 N–H and O–H groups in total. The highest BCUT2D eigenvalue weighted by atomic mass is 32.2. The number of likely N-dealkylation sites (N-methyl/N-ethyl adjacent to an activating group) is 1. The van der Waals surface area contributed by atoms with E-state index in [0.29, 0.717) is 0 Å². The summed E-state index contributed by atoms with van der Waals surface area (Å²) < 4.78 is 45.1. The van der Waals surface area contributed by atoms with Gasteiger partial charge in [0, 0.05) is 7.05 Å². The zero-order valence-corrected chi connectivity index (χ0v) is 18.4. The van der Waals surface area contributed by atoms with Crippen LogP contribution in [0.2, 0.25) is 0 Å². The molecule has 0 aromatic heterocycles. The van der Waals surface area contributed by atoms with Gasteiger partial charge in [0.2, 0.25) is 15.9 Å². The highest BCUT2D eigenvalue weighted by Gasteiger charge is 2.27. The van der Waals surface area contributed by atoms with E-state index in [4.69, 9.17) is 4.74 Å². The second-order valence-corrected chi connectivity index (χ2v) is 9.15. The van der Waals surface area contributed by atoms with Gasteiger partial charge in [0.05, 0.1) is 19.7 Å². The van der Waals surface area contributed by atoms with E-state index < -0.39 is 28.3 Å². The Balaban J connectivity index is 2.16. The molecular formula is C21H27FN2O4S. The first kappa shape index (κ1) is 22.8. The molecule has 0 aliphatic carbocycles. The summed E-state index contributed by atoms with van der Waals surface area (Å²) in [6, 6.07) is 7.01. The molecule has 158 valence electrons. The van der Waals surface area contributed by atoms with Gasteiger partial charge in [0.1, 0.15) is 16.5 Å². The Morgan fingerprint density at radius 3 is 2.38 bits per heavy atom. The van der Waals surface area contributed by atoms with Crippen molar-refractivity contribution in [1.82, 2.24) is 9.62 Å². The average molecular weight is 423 g/mol. The average Bonchev–Trinajstić information content (AvgIpc) is 2.64. The molecule has 1 amide bonds. The first-order valence-electron chi connectivity index (χ1n) is 9.14. The summed E-state index contributed by atoms with van der Waals surface area (Å²) in [6.07, 6.45) is 0. The monoisotopic (exact) mass is 422 g/mol. The van der Waals surface area contributed by atoms with Crippen LogP contribution in [0.15, 0.2) is 35.2 Å². The number of sulfonamides is 1. The van der Waals surface area contributed by atoms with Gasteiger partial charge in [-0.05, 0) is 68.1 Å². The van der Waals surface area contributed by atoms with Gasteiger partial charge in [0.25, 0.3) is 0 Å². The molecule has 0 spiro atoms. The molecule has 0 bridgehead atoms. The lowest BCUT2D eigenvalue weighted by Gasteiger charge is -2.21. The van der Waals surface area contributed by atoms with E-state index in [1.807, 2.05) is 33.8 Å². The number of halogens is 1. The van der Waals surface area contributed by atoms with E-state index in [0.717, 1.165) is 33.1 Å². The molecule has 0 aliphatic rings. The fraction of sp³-hybridized carbons (Fsp3) is 0.381. The molecule has 0 heterocycles. The van der Waals surface area contributed by atoms with E-state index in [2.05, 4.69) is 11.4 Å². The number of amides is 1. The Labute approximate surface area is 171 Å². The van der Waals surface area contributed by atoms with Crippen LogP contribution in [0.25, 0.3) is 0 Å². The quantitative estimate of drug-likeness (QED) is 0.743. The summed E-state index contributed by atoms with van der Waals surface area (Å²) >= 11 is 0. The van der Waals surface area contributed by atoms with Crippen LogP contribution in [-0.2, 0) is 14.8 Å². The molecule has 0 unspecified atom stereocenters. The van der Waals surface area contributed by atoms with Crippen molar-refractivity contribution in [2.75, 3.05) is 20.7 Å². The number of ether oxygens (including phenoxy) is 1. The molecule has 0 radical (unpaired) electrons. The van der Waals surface area contributed by atoms with Gasteiger partial charge in [-0.25, -0.2) is 12.8 Å². The highest BCUT2D eigenvalue weighted by molar-refractivity contribution is 7.89. The Bertz CT molecular complexity index is 1020. The summed E-state index contributed by atoms with van der Waals surface area (Å²) in [5.74, 6) is -1.16. The number of aryl methyl sites for hydroxylation is 3. The lowest BCUT2D eigenvalue weighted by Crippen LogP contribution is -2.39. The standard InChI is InChI=1S/C21H27FN2O4S/c1-13-9-15(3)18(10-14(13)2)16(4)23-21(25)12-24(5)29(26,27)20-11-17(22)7-8-19(20)28-6/h7-11,16H,12H2,1-6H3,(H,23,25)/t16-/m0/s1. The van der Waals surface area contributed by atoms with Crippen LogP contribution in [0, 0.1) is 26.6 Å². The Hall–Kier alpha value is -2.45. The van der Waals surface area contributed by atoms with Gasteiger partial charge >= 0.3 is 0 Å². The molecule has 1 atom stereocenters. The molecule has 0 fully saturated rings. The predicted octanol–water partition coefficient (Wildman–Crippen LogP) is 3.26. The van der Waals surface area contributed by atoms with Crippen LogP contribution in [0.5, 0.6) is 5.75 Å². The lowest BCUT2D eigenvalue weighted by molar-refractivity contribution is -0.121. The Kier molecular flexibility index (Phi) is 7.02. The summed E-state index contributed by atoms with van der Waals surface area (Å²) in [6.45, 7) is 7.43. The predicted molar refractivity (Wildman–Crippen MR) is 110 cm³/mol. The van der Waals surface area contributed by atoms with Gasteiger partial charge in [-0.3, -0.25) is 4.79 Å². The summed E-state index contributed by atoms with van der Waals surface area (Å²) in [7, 11) is -1.55. The van der Waals surface area contributed by atoms with Crippen molar-refractivity contribution in [3.63, 3.8) is 0 Å². The lowest BCUT2D eigenvalue weighted by atomic mass is 9.96. The smallest absolute Gasteiger partial charge is 0.247 e. The minimum Gasteiger partial charge on any atom is -0.495 e. The number of hydrogen-bond acceptors (Lipinski definition) is 4. The van der Waals surface area contributed by atoms with E-state index in [1.54, 1.807) is 0 Å². The molecule has 2 aromatic rings. The van der Waals surface area contributed by atoms with Crippen LogP contribution < -0.4 is 10.1 Å². The van der Waals surface area contributed by atoms with Gasteiger partial charge in [-0.2, -0.15) is 4.31 Å². The number of rotatable bonds is 7. The number of benzene rings is 2.